The minimum atomic E-state index is -0.0794. The van der Waals surface area contributed by atoms with Crippen LogP contribution in [0.4, 0.5) is 11.4 Å². The zero-order chi connectivity index (χ0) is 18.4. The predicted octanol–water partition coefficient (Wildman–Crippen LogP) is 3.55. The third kappa shape index (κ3) is 5.85. The second-order valence-electron chi connectivity index (χ2n) is 7.51. The zero-order valence-electron chi connectivity index (χ0n) is 15.8. The second-order valence-corrected chi connectivity index (χ2v) is 7.51. The van der Waals surface area contributed by atoms with Gasteiger partial charge in [-0.05, 0) is 62.4 Å². The van der Waals surface area contributed by atoms with Crippen LogP contribution in [-0.4, -0.2) is 24.9 Å². The first-order chi connectivity index (χ1) is 11.9. The molecule has 0 bridgehead atoms. The highest BCUT2D eigenvalue weighted by Gasteiger charge is 2.22. The molecule has 0 radical (unpaired) electrons. The first-order valence-electron chi connectivity index (χ1n) is 9.29. The summed E-state index contributed by atoms with van der Waals surface area (Å²) in [5.74, 6) is 0.853. The number of aryl methyl sites for hydroxylation is 1. The molecule has 25 heavy (non-hydrogen) atoms. The van der Waals surface area contributed by atoms with Crippen molar-refractivity contribution in [2.24, 2.45) is 17.8 Å². The number of hydrogen-bond acceptors (Lipinski definition) is 3. The monoisotopic (exact) mass is 345 g/mol. The molecule has 1 fully saturated rings. The maximum Gasteiger partial charge on any atom is 0.226 e. The topological polar surface area (TPSA) is 70.2 Å². The molecule has 1 aromatic carbocycles. The largest absolute Gasteiger partial charge is 0.326 e. The van der Waals surface area contributed by atoms with E-state index < -0.39 is 0 Å². The van der Waals surface area contributed by atoms with E-state index in [2.05, 4.69) is 22.9 Å². The summed E-state index contributed by atoms with van der Waals surface area (Å²) in [4.78, 5) is 24.3. The number of piperidine rings is 1. The highest BCUT2D eigenvalue weighted by atomic mass is 16.2. The predicted molar refractivity (Wildman–Crippen MR) is 103 cm³/mol. The van der Waals surface area contributed by atoms with Gasteiger partial charge < -0.3 is 16.0 Å². The number of amides is 2. The number of rotatable bonds is 6. The summed E-state index contributed by atoms with van der Waals surface area (Å²) in [7, 11) is 0. The molecule has 2 atom stereocenters. The van der Waals surface area contributed by atoms with Gasteiger partial charge in [0.25, 0.3) is 0 Å². The van der Waals surface area contributed by atoms with E-state index in [-0.39, 0.29) is 17.7 Å². The summed E-state index contributed by atoms with van der Waals surface area (Å²) >= 11 is 0. The fourth-order valence-electron chi connectivity index (χ4n) is 3.15. The Morgan fingerprint density at radius 1 is 1.24 bits per heavy atom. The summed E-state index contributed by atoms with van der Waals surface area (Å²) in [5.41, 5.74) is 2.47. The van der Waals surface area contributed by atoms with Crippen LogP contribution in [0.5, 0.6) is 0 Å². The van der Waals surface area contributed by atoms with E-state index in [0.717, 1.165) is 24.3 Å². The molecule has 5 heteroatoms. The molecule has 0 aliphatic carbocycles. The Kier molecular flexibility index (Phi) is 7.00. The van der Waals surface area contributed by atoms with Crippen LogP contribution in [0, 0.1) is 24.7 Å². The Hall–Kier alpha value is -1.88. The Morgan fingerprint density at radius 3 is 2.64 bits per heavy atom. The lowest BCUT2D eigenvalue weighted by atomic mass is 9.85. The quantitative estimate of drug-likeness (QED) is 0.738. The molecule has 0 spiro atoms. The van der Waals surface area contributed by atoms with Crippen molar-refractivity contribution < 1.29 is 9.59 Å². The van der Waals surface area contributed by atoms with Gasteiger partial charge in [-0.15, -0.1) is 0 Å². The first-order valence-corrected chi connectivity index (χ1v) is 9.29. The van der Waals surface area contributed by atoms with Gasteiger partial charge in [-0.3, -0.25) is 9.59 Å². The molecule has 2 rings (SSSR count). The van der Waals surface area contributed by atoms with Gasteiger partial charge in [0.1, 0.15) is 0 Å². The smallest absolute Gasteiger partial charge is 0.226 e. The highest BCUT2D eigenvalue weighted by molar-refractivity contribution is 5.95. The van der Waals surface area contributed by atoms with Crippen molar-refractivity contribution in [1.29, 1.82) is 0 Å². The van der Waals surface area contributed by atoms with E-state index in [1.165, 1.54) is 12.8 Å². The second kappa shape index (κ2) is 8.99. The SMILES string of the molecule is Cc1ccc(NC(=O)C(C)C)cc1NC(=O)CC(C)C1CCCNC1. The molecule has 0 aromatic heterocycles. The van der Waals surface area contributed by atoms with Crippen molar-refractivity contribution in [3.8, 4) is 0 Å². The first kappa shape index (κ1) is 19.4. The molecule has 2 amide bonds. The Bertz CT molecular complexity index is 607. The van der Waals surface area contributed by atoms with E-state index >= 15 is 0 Å². The minimum Gasteiger partial charge on any atom is -0.326 e. The van der Waals surface area contributed by atoms with Crippen LogP contribution in [0.1, 0.15) is 45.6 Å². The number of nitrogens with one attached hydrogen (secondary N) is 3. The lowest BCUT2D eigenvalue weighted by Gasteiger charge is -2.28. The highest BCUT2D eigenvalue weighted by Crippen LogP contribution is 2.25. The van der Waals surface area contributed by atoms with Crippen molar-refractivity contribution in [2.75, 3.05) is 23.7 Å². The molecule has 1 heterocycles. The number of anilines is 2. The van der Waals surface area contributed by atoms with Crippen LogP contribution >= 0.6 is 0 Å². The maximum atomic E-state index is 12.4. The van der Waals surface area contributed by atoms with Crippen molar-refractivity contribution in [1.82, 2.24) is 5.32 Å². The zero-order valence-corrected chi connectivity index (χ0v) is 15.8. The summed E-state index contributed by atoms with van der Waals surface area (Å²) < 4.78 is 0. The fourth-order valence-corrected chi connectivity index (χ4v) is 3.15. The van der Waals surface area contributed by atoms with Gasteiger partial charge >= 0.3 is 0 Å². The van der Waals surface area contributed by atoms with E-state index in [1.54, 1.807) is 0 Å². The van der Waals surface area contributed by atoms with Crippen LogP contribution < -0.4 is 16.0 Å². The molecular formula is C20H31N3O2. The van der Waals surface area contributed by atoms with Gasteiger partial charge in [-0.1, -0.05) is 26.8 Å². The van der Waals surface area contributed by atoms with Crippen molar-refractivity contribution in [2.45, 2.75) is 47.0 Å². The normalized spacial score (nSPS) is 18.7. The van der Waals surface area contributed by atoms with Crippen LogP contribution in [-0.2, 0) is 9.59 Å². The van der Waals surface area contributed by atoms with Gasteiger partial charge in [-0.2, -0.15) is 0 Å². The molecule has 1 saturated heterocycles. The number of carbonyl (C=O) groups is 2. The van der Waals surface area contributed by atoms with Crippen molar-refractivity contribution >= 4 is 23.2 Å². The van der Waals surface area contributed by atoms with Crippen LogP contribution in [0.3, 0.4) is 0 Å². The molecule has 1 aliphatic heterocycles. The number of benzene rings is 1. The van der Waals surface area contributed by atoms with Crippen LogP contribution in [0.2, 0.25) is 0 Å². The molecule has 1 aromatic rings. The van der Waals surface area contributed by atoms with Crippen LogP contribution in [0.15, 0.2) is 18.2 Å². The van der Waals surface area contributed by atoms with Gasteiger partial charge in [0.05, 0.1) is 0 Å². The van der Waals surface area contributed by atoms with Crippen molar-refractivity contribution in [3.63, 3.8) is 0 Å². The maximum absolute atomic E-state index is 12.4. The average Bonchev–Trinajstić information content (AvgIpc) is 2.58. The summed E-state index contributed by atoms with van der Waals surface area (Å²) in [6.45, 7) is 9.91. The third-order valence-corrected chi connectivity index (χ3v) is 4.95. The van der Waals surface area contributed by atoms with Gasteiger partial charge in [0.2, 0.25) is 11.8 Å². The lowest BCUT2D eigenvalue weighted by Crippen LogP contribution is -2.34. The molecule has 2 unspecified atom stereocenters. The van der Waals surface area contributed by atoms with E-state index in [9.17, 15) is 9.59 Å². The van der Waals surface area contributed by atoms with Crippen molar-refractivity contribution in [3.05, 3.63) is 23.8 Å². The van der Waals surface area contributed by atoms with Gasteiger partial charge in [0, 0.05) is 23.7 Å². The summed E-state index contributed by atoms with van der Waals surface area (Å²) in [6, 6.07) is 5.61. The summed E-state index contributed by atoms with van der Waals surface area (Å²) in [6.07, 6.45) is 2.90. The molecule has 5 nitrogen and oxygen atoms in total. The Morgan fingerprint density at radius 2 is 2.00 bits per heavy atom. The van der Waals surface area contributed by atoms with E-state index in [0.29, 0.717) is 23.9 Å². The molecule has 1 aliphatic rings. The molecule has 138 valence electrons. The van der Waals surface area contributed by atoms with Gasteiger partial charge in [-0.25, -0.2) is 0 Å². The van der Waals surface area contributed by atoms with E-state index in [1.807, 2.05) is 39.0 Å². The Labute approximate surface area is 151 Å². The lowest BCUT2D eigenvalue weighted by molar-refractivity contribution is -0.119. The molecule has 0 saturated carbocycles. The Balaban J connectivity index is 1.96. The average molecular weight is 345 g/mol. The van der Waals surface area contributed by atoms with Gasteiger partial charge in [0.15, 0.2) is 0 Å². The third-order valence-electron chi connectivity index (χ3n) is 4.95. The summed E-state index contributed by atoms with van der Waals surface area (Å²) in [5, 5.41) is 9.30. The van der Waals surface area contributed by atoms with E-state index in [4.69, 9.17) is 0 Å². The fraction of sp³-hybridized carbons (Fsp3) is 0.600. The molecule has 3 N–H and O–H groups in total. The number of hydrogen-bond donors (Lipinski definition) is 3. The number of carbonyl (C=O) groups excluding carboxylic acids is 2. The minimum absolute atomic E-state index is 0.0282. The van der Waals surface area contributed by atoms with Crippen LogP contribution in [0.25, 0.3) is 0 Å². The standard InChI is InChI=1S/C20H31N3O2/c1-13(2)20(25)22-17-8-7-14(3)18(11-17)23-19(24)10-15(4)16-6-5-9-21-12-16/h7-8,11,13,15-16,21H,5-6,9-10,12H2,1-4H3,(H,22,25)(H,23,24). The molecular weight excluding hydrogens is 314 g/mol.